The van der Waals surface area contributed by atoms with Gasteiger partial charge in [0.25, 0.3) is 12.3 Å². The van der Waals surface area contributed by atoms with Crippen molar-refractivity contribution in [2.24, 2.45) is 10.7 Å². The summed E-state index contributed by atoms with van der Waals surface area (Å²) < 4.78 is 49.7. The van der Waals surface area contributed by atoms with E-state index in [1.165, 1.54) is 6.34 Å². The summed E-state index contributed by atoms with van der Waals surface area (Å²) in [6.07, 6.45) is 8.10. The SMILES string of the molecule is CC1CN(C2CCC(n3cc(Nc4ncc(-c5ccc(C#N)c(O[C@@H](C)CN=CN)c5)cn4)c(OCCOCC(F)F)n3)CC2)C[C@H](C)O1. The lowest BCUT2D eigenvalue weighted by Crippen LogP contribution is -2.51. The van der Waals surface area contributed by atoms with Gasteiger partial charge in [0.1, 0.15) is 36.8 Å². The van der Waals surface area contributed by atoms with E-state index in [0.29, 0.717) is 41.4 Å². The first-order chi connectivity index (χ1) is 23.7. The van der Waals surface area contributed by atoms with Gasteiger partial charge in [0.05, 0.1) is 49.5 Å². The Labute approximate surface area is 285 Å². The van der Waals surface area contributed by atoms with Crippen molar-refractivity contribution in [1.29, 1.82) is 5.26 Å². The monoisotopic (exact) mass is 681 g/mol. The zero-order valence-electron chi connectivity index (χ0n) is 28.2. The Kier molecular flexibility index (Phi) is 12.7. The van der Waals surface area contributed by atoms with Crippen molar-refractivity contribution >= 4 is 18.0 Å². The first kappa shape index (κ1) is 35.9. The predicted molar refractivity (Wildman–Crippen MR) is 181 cm³/mol. The fourth-order valence-corrected chi connectivity index (χ4v) is 6.35. The van der Waals surface area contributed by atoms with Gasteiger partial charge in [-0.15, -0.1) is 5.10 Å². The molecule has 0 spiro atoms. The number of morpholine rings is 1. The Balaban J connectivity index is 1.27. The van der Waals surface area contributed by atoms with Gasteiger partial charge in [0.2, 0.25) is 5.95 Å². The third-order valence-corrected chi connectivity index (χ3v) is 8.54. The van der Waals surface area contributed by atoms with Crippen molar-refractivity contribution in [2.75, 3.05) is 44.8 Å². The van der Waals surface area contributed by atoms with Gasteiger partial charge in [-0.1, -0.05) is 6.07 Å². The van der Waals surface area contributed by atoms with Crippen LogP contribution in [-0.2, 0) is 9.47 Å². The fourth-order valence-electron chi connectivity index (χ4n) is 6.35. The smallest absolute Gasteiger partial charge is 0.261 e. The van der Waals surface area contributed by atoms with Crippen molar-refractivity contribution in [3.63, 3.8) is 0 Å². The van der Waals surface area contributed by atoms with E-state index in [-0.39, 0.29) is 37.6 Å². The van der Waals surface area contributed by atoms with Gasteiger partial charge in [0.15, 0.2) is 0 Å². The van der Waals surface area contributed by atoms with Gasteiger partial charge in [-0.2, -0.15) is 5.26 Å². The van der Waals surface area contributed by atoms with E-state index < -0.39 is 13.0 Å². The number of hydrogen-bond acceptors (Lipinski definition) is 11. The van der Waals surface area contributed by atoms with Gasteiger partial charge in [-0.3, -0.25) is 14.6 Å². The molecule has 3 N–H and O–H groups in total. The molecule has 1 aromatic carbocycles. The minimum atomic E-state index is -2.54. The van der Waals surface area contributed by atoms with Crippen molar-refractivity contribution in [3.05, 3.63) is 42.4 Å². The number of nitrogens with zero attached hydrogens (tertiary/aromatic N) is 7. The summed E-state index contributed by atoms with van der Waals surface area (Å²) in [4.78, 5) is 15.6. The molecule has 15 heteroatoms. The molecule has 5 rings (SSSR count). The number of nitrogens with one attached hydrogen (secondary N) is 1. The van der Waals surface area contributed by atoms with Crippen LogP contribution in [-0.4, -0.2) is 101 Å². The summed E-state index contributed by atoms with van der Waals surface area (Å²) in [6, 6.07) is 8.12. The molecule has 2 aromatic heterocycles. The summed E-state index contributed by atoms with van der Waals surface area (Å²) in [7, 11) is 0. The molecule has 2 aliphatic rings. The Morgan fingerprint density at radius 3 is 2.49 bits per heavy atom. The average molecular weight is 682 g/mol. The lowest BCUT2D eigenvalue weighted by atomic mass is 9.89. The lowest BCUT2D eigenvalue weighted by molar-refractivity contribution is -0.0852. The number of aliphatic imine (C=N–C) groups is 1. The number of ether oxygens (including phenoxy) is 4. The highest BCUT2D eigenvalue weighted by molar-refractivity contribution is 5.67. The second kappa shape index (κ2) is 17.3. The first-order valence-corrected chi connectivity index (χ1v) is 16.7. The van der Waals surface area contributed by atoms with E-state index in [9.17, 15) is 14.0 Å². The quantitative estimate of drug-likeness (QED) is 0.127. The zero-order valence-corrected chi connectivity index (χ0v) is 28.2. The summed E-state index contributed by atoms with van der Waals surface area (Å²) in [6.45, 7) is 7.76. The van der Waals surface area contributed by atoms with Gasteiger partial charge in [-0.25, -0.2) is 18.7 Å². The molecule has 49 heavy (non-hydrogen) atoms. The molecule has 1 aliphatic carbocycles. The number of benzene rings is 1. The van der Waals surface area contributed by atoms with Crippen LogP contribution in [0.15, 0.2) is 41.8 Å². The summed E-state index contributed by atoms with van der Waals surface area (Å²) in [5.74, 6) is 1.06. The number of nitrogens with two attached hydrogens (primary N) is 1. The minimum Gasteiger partial charge on any atom is -0.487 e. The van der Waals surface area contributed by atoms with Gasteiger partial charge >= 0.3 is 0 Å². The zero-order chi connectivity index (χ0) is 34.8. The molecular formula is C34H45F2N9O4. The lowest BCUT2D eigenvalue weighted by Gasteiger charge is -2.42. The molecule has 1 saturated carbocycles. The molecule has 264 valence electrons. The molecule has 0 radical (unpaired) electrons. The van der Waals surface area contributed by atoms with Crippen molar-refractivity contribution in [3.8, 4) is 28.8 Å². The molecule has 3 aromatic rings. The standard InChI is InChI=1S/C34H45F2N9O4/c1-22(14-39-21-38)49-31-12-25(4-5-26(31)13-37)27-15-40-34(41-16-27)42-30-19-45(43-33(30)47-11-10-46-20-32(35)36)29-8-6-28(7-9-29)44-17-23(2)48-24(3)18-44/h4-5,12,15-16,19,21-24,28-29,32H,6-11,14,17-18,20H2,1-3H3,(H2,38,39)(H,40,41,42)/t22-,23-,24?,28?,29?/m0/s1. The van der Waals surface area contributed by atoms with Crippen LogP contribution in [0.1, 0.15) is 58.1 Å². The maximum absolute atomic E-state index is 12.5. The number of anilines is 2. The number of rotatable bonds is 15. The van der Waals surface area contributed by atoms with E-state index in [1.807, 2.05) is 17.8 Å². The minimum absolute atomic E-state index is 0.00135. The number of halogens is 2. The number of nitriles is 1. The van der Waals surface area contributed by atoms with Crippen LogP contribution in [0, 0.1) is 11.3 Å². The molecule has 1 unspecified atom stereocenters. The second-order valence-electron chi connectivity index (χ2n) is 12.5. The molecular weight excluding hydrogens is 636 g/mol. The van der Waals surface area contributed by atoms with Gasteiger partial charge in [0, 0.05) is 37.1 Å². The largest absolute Gasteiger partial charge is 0.487 e. The summed E-state index contributed by atoms with van der Waals surface area (Å²) in [5.41, 5.74) is 7.79. The summed E-state index contributed by atoms with van der Waals surface area (Å²) in [5, 5.41) is 17.5. The topological polar surface area (TPSA) is 158 Å². The molecule has 1 saturated heterocycles. The molecule has 2 fully saturated rings. The Morgan fingerprint density at radius 2 is 1.82 bits per heavy atom. The van der Waals surface area contributed by atoms with Crippen LogP contribution < -0.4 is 20.5 Å². The van der Waals surface area contributed by atoms with Crippen LogP contribution in [0.2, 0.25) is 0 Å². The third kappa shape index (κ3) is 10.1. The second-order valence-corrected chi connectivity index (χ2v) is 12.5. The van der Waals surface area contributed by atoms with Crippen LogP contribution in [0.4, 0.5) is 20.4 Å². The van der Waals surface area contributed by atoms with Gasteiger partial charge < -0.3 is 30.0 Å². The average Bonchev–Trinajstić information content (AvgIpc) is 3.49. The molecule has 1 aliphatic heterocycles. The predicted octanol–water partition coefficient (Wildman–Crippen LogP) is 4.96. The molecule has 13 nitrogen and oxygen atoms in total. The number of aromatic nitrogens is 4. The van der Waals surface area contributed by atoms with E-state index in [4.69, 9.17) is 29.8 Å². The van der Waals surface area contributed by atoms with Crippen molar-refractivity contribution < 1.29 is 27.7 Å². The van der Waals surface area contributed by atoms with E-state index >= 15 is 0 Å². The van der Waals surface area contributed by atoms with E-state index in [1.54, 1.807) is 30.6 Å². The van der Waals surface area contributed by atoms with Crippen molar-refractivity contribution in [2.45, 2.75) is 83.3 Å². The highest BCUT2D eigenvalue weighted by Gasteiger charge is 2.32. The van der Waals surface area contributed by atoms with Crippen LogP contribution in [0.5, 0.6) is 11.6 Å². The van der Waals surface area contributed by atoms with Crippen LogP contribution >= 0.6 is 0 Å². The Bertz CT molecular complexity index is 1550. The molecule has 3 atom stereocenters. The van der Waals surface area contributed by atoms with Gasteiger partial charge in [-0.05, 0) is 64.2 Å². The number of hydrogen-bond donors (Lipinski definition) is 2. The highest BCUT2D eigenvalue weighted by Crippen LogP contribution is 2.35. The number of alkyl halides is 2. The van der Waals surface area contributed by atoms with Crippen molar-refractivity contribution in [1.82, 2.24) is 24.6 Å². The first-order valence-electron chi connectivity index (χ1n) is 16.7. The molecule has 0 amide bonds. The van der Waals surface area contributed by atoms with E-state index in [0.717, 1.165) is 49.9 Å². The fraction of sp³-hybridized carbons (Fsp3) is 0.559. The molecule has 3 heterocycles. The maximum atomic E-state index is 12.5. The van der Waals surface area contributed by atoms with Crippen LogP contribution in [0.3, 0.4) is 0 Å². The van der Waals surface area contributed by atoms with Crippen LogP contribution in [0.25, 0.3) is 11.1 Å². The third-order valence-electron chi connectivity index (χ3n) is 8.54. The highest BCUT2D eigenvalue weighted by atomic mass is 19.3. The summed E-state index contributed by atoms with van der Waals surface area (Å²) >= 11 is 0. The maximum Gasteiger partial charge on any atom is 0.261 e. The Hall–Kier alpha value is -4.39. The Morgan fingerprint density at radius 1 is 1.10 bits per heavy atom. The molecule has 0 bridgehead atoms. The van der Waals surface area contributed by atoms with E-state index in [2.05, 4.69) is 45.1 Å². The normalized spacial score (nSPS) is 22.2.